The smallest absolute Gasteiger partial charge is 0.119 e. The normalized spacial score (nSPS) is 10.6. The fraction of sp³-hybridized carbons (Fsp3) is 0.188. The molecular formula is C16H16N7+. The van der Waals surface area contributed by atoms with E-state index < -0.39 is 0 Å². The van der Waals surface area contributed by atoms with Crippen LogP contribution in [0.25, 0.3) is 21.8 Å². The maximum absolute atomic E-state index is 8.82. The minimum atomic E-state index is 0.199. The molecule has 0 saturated heterocycles. The molecule has 1 heterocycles. The summed E-state index contributed by atoms with van der Waals surface area (Å²) in [4.78, 5) is 4.32. The van der Waals surface area contributed by atoms with E-state index in [0.717, 1.165) is 16.9 Å². The Kier molecular flexibility index (Phi) is 4.03. The first kappa shape index (κ1) is 14.7. The van der Waals surface area contributed by atoms with Crippen LogP contribution in [0.15, 0.2) is 59.7 Å². The zero-order valence-electron chi connectivity index (χ0n) is 12.9. The molecule has 0 fully saturated rings. The molecule has 0 unspecified atom stereocenters. The van der Waals surface area contributed by atoms with E-state index in [9.17, 15) is 0 Å². The number of para-hydroxylation sites is 2. The summed E-state index contributed by atoms with van der Waals surface area (Å²) >= 11 is 0. The monoisotopic (exact) mass is 306 g/mol. The molecule has 0 aliphatic heterocycles. The van der Waals surface area contributed by atoms with Crippen molar-refractivity contribution in [1.29, 1.82) is 0 Å². The quantitative estimate of drug-likeness (QED) is 0.319. The molecule has 2 aromatic carbocycles. The van der Waals surface area contributed by atoms with Crippen molar-refractivity contribution >= 4 is 5.95 Å². The van der Waals surface area contributed by atoms with Gasteiger partial charge in [-0.1, -0.05) is 50.2 Å². The first-order valence-corrected chi connectivity index (χ1v) is 7.30. The van der Waals surface area contributed by atoms with Crippen molar-refractivity contribution in [3.63, 3.8) is 0 Å². The summed E-state index contributed by atoms with van der Waals surface area (Å²) in [5.74, 6) is 0.504. The number of azide groups is 1. The summed E-state index contributed by atoms with van der Waals surface area (Å²) in [7, 11) is 0. The van der Waals surface area contributed by atoms with E-state index in [1.165, 1.54) is 4.80 Å². The molecule has 0 spiro atoms. The average molecular weight is 306 g/mol. The summed E-state index contributed by atoms with van der Waals surface area (Å²) in [5.41, 5.74) is 11.6. The maximum Gasteiger partial charge on any atom is 0.355 e. The maximum atomic E-state index is 8.82. The lowest BCUT2D eigenvalue weighted by atomic mass is 10.0. The summed E-state index contributed by atoms with van der Waals surface area (Å²) in [6, 6.07) is 17.4. The zero-order valence-corrected chi connectivity index (χ0v) is 12.9. The fourth-order valence-electron chi connectivity index (χ4n) is 2.37. The third kappa shape index (κ3) is 2.90. The Morgan fingerprint density at radius 1 is 1.09 bits per heavy atom. The van der Waals surface area contributed by atoms with Crippen LogP contribution in [0.4, 0.5) is 5.95 Å². The summed E-state index contributed by atoms with van der Waals surface area (Å²) in [6.07, 6.45) is 0. The number of rotatable bonds is 4. The molecule has 0 amide bonds. The number of benzene rings is 2. The van der Waals surface area contributed by atoms with Crippen LogP contribution in [0.3, 0.4) is 0 Å². The Labute approximate surface area is 133 Å². The number of hydrogen-bond acceptors (Lipinski definition) is 3. The Balaban J connectivity index is 2.20. The molecule has 23 heavy (non-hydrogen) atoms. The molecule has 0 atom stereocenters. The van der Waals surface area contributed by atoms with E-state index in [4.69, 9.17) is 5.53 Å². The van der Waals surface area contributed by atoms with Crippen LogP contribution in [0.5, 0.6) is 0 Å². The second kappa shape index (κ2) is 6.29. The fourth-order valence-corrected chi connectivity index (χ4v) is 2.37. The van der Waals surface area contributed by atoms with E-state index in [1.807, 2.05) is 54.6 Å². The standard InChI is InChI=1S/C16H16N7/c1-12(2)14-10-6-7-11-15(14)22-16(18-20-17)19-23(21-22)13-8-4-3-5-9-13/h3-12H,1-2H3/q+1. The van der Waals surface area contributed by atoms with Gasteiger partial charge in [-0.3, -0.25) is 0 Å². The number of hydrogen-bond donors (Lipinski definition) is 0. The number of nitrogens with zero attached hydrogens (tertiary/aromatic N) is 7. The van der Waals surface area contributed by atoms with Crippen LogP contribution in [-0.4, -0.2) is 15.1 Å². The van der Waals surface area contributed by atoms with E-state index in [2.05, 4.69) is 34.2 Å². The van der Waals surface area contributed by atoms with Gasteiger partial charge in [-0.25, -0.2) is 0 Å². The lowest BCUT2D eigenvalue weighted by Gasteiger charge is -2.09. The molecule has 114 valence electrons. The summed E-state index contributed by atoms with van der Waals surface area (Å²) in [5, 5.41) is 12.4. The minimum Gasteiger partial charge on any atom is -0.119 e. The second-order valence-electron chi connectivity index (χ2n) is 5.33. The van der Waals surface area contributed by atoms with Gasteiger partial charge in [0.25, 0.3) is 0 Å². The van der Waals surface area contributed by atoms with E-state index in [0.29, 0.717) is 5.92 Å². The predicted octanol–water partition coefficient (Wildman–Crippen LogP) is 3.61. The molecule has 0 aliphatic rings. The summed E-state index contributed by atoms with van der Waals surface area (Å²) < 4.78 is 1.57. The first-order valence-electron chi connectivity index (χ1n) is 7.30. The van der Waals surface area contributed by atoms with Crippen LogP contribution in [0.2, 0.25) is 0 Å². The Hall–Kier alpha value is -3.18. The van der Waals surface area contributed by atoms with Gasteiger partial charge in [-0.15, -0.1) is 4.68 Å². The van der Waals surface area contributed by atoms with Crippen molar-refractivity contribution in [3.8, 4) is 11.4 Å². The van der Waals surface area contributed by atoms with E-state index in [-0.39, 0.29) is 5.95 Å². The highest BCUT2D eigenvalue weighted by molar-refractivity contribution is 5.37. The van der Waals surface area contributed by atoms with Gasteiger partial charge < -0.3 is 0 Å². The van der Waals surface area contributed by atoms with Gasteiger partial charge in [-0.05, 0) is 40.0 Å². The van der Waals surface area contributed by atoms with Crippen LogP contribution < -0.4 is 4.68 Å². The highest BCUT2D eigenvalue weighted by atomic mass is 15.7. The van der Waals surface area contributed by atoms with Gasteiger partial charge in [0, 0.05) is 20.3 Å². The van der Waals surface area contributed by atoms with Gasteiger partial charge in [0.2, 0.25) is 0 Å². The van der Waals surface area contributed by atoms with Crippen molar-refractivity contribution in [3.05, 3.63) is 70.6 Å². The Bertz CT molecular complexity index is 861. The van der Waals surface area contributed by atoms with Gasteiger partial charge in [0.05, 0.1) is 0 Å². The SMILES string of the molecule is CC(C)c1ccccc1-[n+]1nn(-c2ccccc2)nc1N=[N+]=[N-]. The van der Waals surface area contributed by atoms with Crippen LogP contribution >= 0.6 is 0 Å². The largest absolute Gasteiger partial charge is 0.355 e. The average Bonchev–Trinajstić information content (AvgIpc) is 3.00. The molecule has 1 aromatic heterocycles. The lowest BCUT2D eigenvalue weighted by Crippen LogP contribution is -2.35. The van der Waals surface area contributed by atoms with Crippen molar-refractivity contribution in [2.24, 2.45) is 5.11 Å². The van der Waals surface area contributed by atoms with Gasteiger partial charge in [-0.2, -0.15) is 0 Å². The van der Waals surface area contributed by atoms with Crippen molar-refractivity contribution in [2.45, 2.75) is 19.8 Å². The molecule has 0 bridgehead atoms. The van der Waals surface area contributed by atoms with Crippen LogP contribution in [0.1, 0.15) is 25.3 Å². The van der Waals surface area contributed by atoms with E-state index >= 15 is 0 Å². The van der Waals surface area contributed by atoms with Crippen molar-refractivity contribution in [2.75, 3.05) is 0 Å². The molecule has 0 saturated carbocycles. The molecule has 3 rings (SSSR count). The molecule has 3 aromatic rings. The van der Waals surface area contributed by atoms with Gasteiger partial charge in [0.1, 0.15) is 11.4 Å². The molecule has 0 radical (unpaired) electrons. The van der Waals surface area contributed by atoms with Crippen LogP contribution in [-0.2, 0) is 0 Å². The summed E-state index contributed by atoms with van der Waals surface area (Å²) in [6.45, 7) is 4.21. The van der Waals surface area contributed by atoms with E-state index in [1.54, 1.807) is 4.68 Å². The molecule has 0 N–H and O–H groups in total. The second-order valence-corrected chi connectivity index (χ2v) is 5.33. The topological polar surface area (TPSA) is 83.4 Å². The van der Waals surface area contributed by atoms with Crippen LogP contribution in [0, 0.1) is 0 Å². The zero-order chi connectivity index (χ0) is 16.2. The highest BCUT2D eigenvalue weighted by Gasteiger charge is 2.21. The van der Waals surface area contributed by atoms with Crippen molar-refractivity contribution in [1.82, 2.24) is 15.1 Å². The third-order valence-corrected chi connectivity index (χ3v) is 3.46. The number of tetrazole rings is 1. The Morgan fingerprint density at radius 2 is 1.78 bits per heavy atom. The van der Waals surface area contributed by atoms with Crippen molar-refractivity contribution < 1.29 is 4.68 Å². The lowest BCUT2D eigenvalue weighted by molar-refractivity contribution is -0.649. The van der Waals surface area contributed by atoms with Gasteiger partial charge in [0.15, 0.2) is 0 Å². The number of aromatic nitrogens is 4. The minimum absolute atomic E-state index is 0.199. The molecule has 7 heteroatoms. The Morgan fingerprint density at radius 3 is 2.48 bits per heavy atom. The molecular weight excluding hydrogens is 290 g/mol. The predicted molar refractivity (Wildman–Crippen MR) is 85.8 cm³/mol. The molecule has 7 nitrogen and oxygen atoms in total. The highest BCUT2D eigenvalue weighted by Crippen LogP contribution is 2.20. The molecule has 0 aliphatic carbocycles. The van der Waals surface area contributed by atoms with Gasteiger partial charge >= 0.3 is 5.95 Å². The first-order chi connectivity index (χ1) is 11.2. The third-order valence-electron chi connectivity index (χ3n) is 3.46.